The number of rotatable bonds is 5. The van der Waals surface area contributed by atoms with Crippen LogP contribution in [0.3, 0.4) is 0 Å². The van der Waals surface area contributed by atoms with Gasteiger partial charge in [-0.15, -0.1) is 24.0 Å². The van der Waals surface area contributed by atoms with Gasteiger partial charge in [0.05, 0.1) is 19.6 Å². The van der Waals surface area contributed by atoms with E-state index >= 15 is 0 Å². The number of hydrogen-bond donors (Lipinski definition) is 1. The average Bonchev–Trinajstić information content (AvgIpc) is 2.86. The van der Waals surface area contributed by atoms with Gasteiger partial charge in [0.2, 0.25) is 0 Å². The molecule has 6 nitrogen and oxygen atoms in total. The lowest BCUT2D eigenvalue weighted by Gasteiger charge is -2.22. The SMILES string of the molecule is CCNC(=NCCS(=O)C(C)(C)C)N1CC(C)C(C(=O)OC)C1.I. The number of likely N-dealkylation sites (tertiary alicyclic amines) is 1. The monoisotopic (exact) mass is 473 g/mol. The zero-order valence-corrected chi connectivity index (χ0v) is 18.8. The smallest absolute Gasteiger partial charge is 0.310 e. The lowest BCUT2D eigenvalue weighted by molar-refractivity contribution is -0.145. The van der Waals surface area contributed by atoms with Gasteiger partial charge in [-0.1, -0.05) is 6.92 Å². The summed E-state index contributed by atoms with van der Waals surface area (Å²) in [4.78, 5) is 18.5. The highest BCUT2D eigenvalue weighted by Crippen LogP contribution is 2.24. The van der Waals surface area contributed by atoms with Crippen LogP contribution in [0.2, 0.25) is 0 Å². The van der Waals surface area contributed by atoms with Crippen LogP contribution in [0.15, 0.2) is 4.99 Å². The Kier molecular flexibility index (Phi) is 10.4. The van der Waals surface area contributed by atoms with E-state index in [1.165, 1.54) is 7.11 Å². The number of nitrogens with zero attached hydrogens (tertiary/aromatic N) is 2. The second kappa shape index (κ2) is 10.6. The van der Waals surface area contributed by atoms with Crippen LogP contribution >= 0.6 is 24.0 Å². The fourth-order valence-electron chi connectivity index (χ4n) is 2.56. The van der Waals surface area contributed by atoms with Gasteiger partial charge in [-0.3, -0.25) is 14.0 Å². The molecule has 1 heterocycles. The molecule has 1 rings (SSSR count). The van der Waals surface area contributed by atoms with Crippen molar-refractivity contribution < 1.29 is 13.7 Å². The predicted octanol–water partition coefficient (Wildman–Crippen LogP) is 1.86. The fraction of sp³-hybridized carbons (Fsp3) is 0.875. The third kappa shape index (κ3) is 6.85. The van der Waals surface area contributed by atoms with Crippen LogP contribution in [0.25, 0.3) is 0 Å². The quantitative estimate of drug-likeness (QED) is 0.286. The van der Waals surface area contributed by atoms with Gasteiger partial charge in [-0.2, -0.15) is 0 Å². The van der Waals surface area contributed by atoms with Crippen molar-refractivity contribution in [2.75, 3.05) is 39.0 Å². The minimum Gasteiger partial charge on any atom is -0.469 e. The van der Waals surface area contributed by atoms with Crippen LogP contribution in [0, 0.1) is 11.8 Å². The Hall–Kier alpha value is -0.380. The Morgan fingerprint density at radius 3 is 2.50 bits per heavy atom. The zero-order valence-electron chi connectivity index (χ0n) is 15.6. The first-order valence-electron chi connectivity index (χ1n) is 8.20. The number of methoxy groups -OCH3 is 1. The summed E-state index contributed by atoms with van der Waals surface area (Å²) < 4.78 is 16.8. The molecule has 1 N–H and O–H groups in total. The molecule has 1 aliphatic heterocycles. The molecule has 0 aromatic heterocycles. The van der Waals surface area contributed by atoms with E-state index in [1.54, 1.807) is 0 Å². The topological polar surface area (TPSA) is 71.0 Å². The molecule has 0 spiro atoms. The molecule has 0 amide bonds. The van der Waals surface area contributed by atoms with Gasteiger partial charge in [0.25, 0.3) is 0 Å². The molecule has 24 heavy (non-hydrogen) atoms. The van der Waals surface area contributed by atoms with Gasteiger partial charge >= 0.3 is 5.97 Å². The van der Waals surface area contributed by atoms with Gasteiger partial charge in [0.15, 0.2) is 5.96 Å². The van der Waals surface area contributed by atoms with E-state index in [1.807, 2.05) is 27.7 Å². The molecule has 1 saturated heterocycles. The highest BCUT2D eigenvalue weighted by atomic mass is 127. The minimum absolute atomic E-state index is 0. The highest BCUT2D eigenvalue weighted by Gasteiger charge is 2.36. The third-order valence-corrected chi connectivity index (χ3v) is 5.89. The van der Waals surface area contributed by atoms with Crippen molar-refractivity contribution in [3.05, 3.63) is 0 Å². The lowest BCUT2D eigenvalue weighted by Crippen LogP contribution is -2.41. The first-order valence-corrected chi connectivity index (χ1v) is 9.52. The lowest BCUT2D eigenvalue weighted by atomic mass is 9.99. The molecule has 0 aromatic carbocycles. The van der Waals surface area contributed by atoms with Crippen LogP contribution in [0.4, 0.5) is 0 Å². The second-order valence-corrected chi connectivity index (χ2v) is 9.23. The molecule has 1 aliphatic rings. The summed E-state index contributed by atoms with van der Waals surface area (Å²) in [5, 5.41) is 3.26. The number of hydrogen-bond acceptors (Lipinski definition) is 4. The first kappa shape index (κ1) is 23.6. The largest absolute Gasteiger partial charge is 0.469 e. The molecule has 142 valence electrons. The predicted molar refractivity (Wildman–Crippen MR) is 110 cm³/mol. The molecule has 0 aliphatic carbocycles. The summed E-state index contributed by atoms with van der Waals surface area (Å²) in [6, 6.07) is 0. The molecular weight excluding hydrogens is 441 g/mol. The molecule has 0 radical (unpaired) electrons. The summed E-state index contributed by atoms with van der Waals surface area (Å²) in [5.74, 6) is 1.28. The van der Waals surface area contributed by atoms with Gasteiger partial charge in [-0.25, -0.2) is 0 Å². The van der Waals surface area contributed by atoms with Crippen LogP contribution in [0.1, 0.15) is 34.6 Å². The van der Waals surface area contributed by atoms with E-state index in [-0.39, 0.29) is 46.5 Å². The molecule has 0 aromatic rings. The molecule has 1 fully saturated rings. The number of esters is 1. The van der Waals surface area contributed by atoms with Crippen molar-refractivity contribution in [3.63, 3.8) is 0 Å². The van der Waals surface area contributed by atoms with E-state index in [9.17, 15) is 9.00 Å². The standard InChI is InChI=1S/C16H31N3O3S.HI/c1-7-17-15(18-8-9-23(21)16(3,4)5)19-10-12(2)13(11-19)14(20)22-6;/h12-13H,7-11H2,1-6H3,(H,17,18);1H. The van der Waals surface area contributed by atoms with Gasteiger partial charge in [0.1, 0.15) is 0 Å². The van der Waals surface area contributed by atoms with Gasteiger partial charge in [-0.05, 0) is 33.6 Å². The number of guanidine groups is 1. The van der Waals surface area contributed by atoms with Crippen molar-refractivity contribution in [3.8, 4) is 0 Å². The molecule has 8 heteroatoms. The van der Waals surface area contributed by atoms with Crippen LogP contribution in [-0.4, -0.2) is 64.8 Å². The number of nitrogens with one attached hydrogen (secondary N) is 1. The zero-order chi connectivity index (χ0) is 17.6. The van der Waals surface area contributed by atoms with Gasteiger partial charge in [0, 0.05) is 40.9 Å². The van der Waals surface area contributed by atoms with E-state index in [2.05, 4.69) is 22.1 Å². The maximum atomic E-state index is 12.1. The molecule has 0 bridgehead atoms. The van der Waals surface area contributed by atoms with Crippen molar-refractivity contribution in [1.29, 1.82) is 0 Å². The Morgan fingerprint density at radius 2 is 2.00 bits per heavy atom. The number of ether oxygens (including phenoxy) is 1. The van der Waals surface area contributed by atoms with Crippen molar-refractivity contribution >= 4 is 46.7 Å². The van der Waals surface area contributed by atoms with Crippen LogP contribution < -0.4 is 5.32 Å². The fourth-order valence-corrected chi connectivity index (χ4v) is 3.43. The number of carbonyl (C=O) groups is 1. The van der Waals surface area contributed by atoms with Crippen LogP contribution in [-0.2, 0) is 20.3 Å². The van der Waals surface area contributed by atoms with Gasteiger partial charge < -0.3 is 15.0 Å². The summed E-state index contributed by atoms with van der Waals surface area (Å²) >= 11 is 0. The first-order chi connectivity index (χ1) is 10.7. The summed E-state index contributed by atoms with van der Waals surface area (Å²) in [5.41, 5.74) is 0. The van der Waals surface area contributed by atoms with E-state index in [4.69, 9.17) is 4.74 Å². The van der Waals surface area contributed by atoms with Crippen molar-refractivity contribution in [2.24, 2.45) is 16.8 Å². The number of halogens is 1. The number of carbonyl (C=O) groups excluding carboxylic acids is 1. The summed E-state index contributed by atoms with van der Waals surface area (Å²) in [7, 11) is 0.520. The second-order valence-electron chi connectivity index (χ2n) is 6.91. The Morgan fingerprint density at radius 1 is 1.38 bits per heavy atom. The van der Waals surface area contributed by atoms with E-state index in [0.29, 0.717) is 18.8 Å². The Labute approximate surface area is 165 Å². The Balaban J connectivity index is 0.00000529. The Bertz CT molecular complexity index is 466. The third-order valence-electron chi connectivity index (χ3n) is 3.97. The van der Waals surface area contributed by atoms with E-state index in [0.717, 1.165) is 19.0 Å². The highest BCUT2D eigenvalue weighted by molar-refractivity contribution is 14.0. The number of aliphatic imine (C=N–C) groups is 1. The molecule has 0 saturated carbocycles. The maximum absolute atomic E-state index is 12.1. The maximum Gasteiger partial charge on any atom is 0.310 e. The normalized spacial score (nSPS) is 22.8. The van der Waals surface area contributed by atoms with Crippen molar-refractivity contribution in [2.45, 2.75) is 39.4 Å². The van der Waals surface area contributed by atoms with Crippen molar-refractivity contribution in [1.82, 2.24) is 10.2 Å². The molecule has 3 unspecified atom stereocenters. The summed E-state index contributed by atoms with van der Waals surface area (Å²) in [6.07, 6.45) is 0. The van der Waals surface area contributed by atoms with Crippen LogP contribution in [0.5, 0.6) is 0 Å². The average molecular weight is 473 g/mol. The molecule has 3 atom stereocenters. The molecular formula is C16H32IN3O3S. The van der Waals surface area contributed by atoms with E-state index < -0.39 is 10.8 Å². The minimum atomic E-state index is -0.909. The summed E-state index contributed by atoms with van der Waals surface area (Å²) in [6.45, 7) is 12.6.